The van der Waals surface area contributed by atoms with Crippen LogP contribution in [0.25, 0.3) is 0 Å². The van der Waals surface area contributed by atoms with E-state index in [0.29, 0.717) is 26.7 Å². The molecule has 2 amide bonds. The Morgan fingerprint density at radius 2 is 2.00 bits per heavy atom. The van der Waals surface area contributed by atoms with Gasteiger partial charge in [0.2, 0.25) is 5.91 Å². The van der Waals surface area contributed by atoms with Crippen LogP contribution in [0.3, 0.4) is 0 Å². The lowest BCUT2D eigenvalue weighted by atomic mass is 10.1. The van der Waals surface area contributed by atoms with Gasteiger partial charge in [0.25, 0.3) is 5.91 Å². The van der Waals surface area contributed by atoms with E-state index in [1.807, 2.05) is 18.8 Å². The molecule has 0 bridgehead atoms. The first-order valence-electron chi connectivity index (χ1n) is 9.96. The first-order chi connectivity index (χ1) is 13.8. The number of rotatable bonds is 9. The normalized spacial score (nSPS) is 18.7. The number of nitrogens with one attached hydrogen (secondary N) is 2. The standard InChI is InChI=1S/C20H31N3O4S2/c1-6-27-20(26)16-12(3)17(18(25)21-4)29-19(16)22-15(24)11-23(5)13-8-9-14(10-13)28-7-2/h13-14H,6-11H2,1-5H3,(H,21,25)(H,22,24)/t13-,14-/m1/s1. The minimum absolute atomic E-state index is 0.200. The van der Waals surface area contributed by atoms with Crippen molar-refractivity contribution in [1.29, 1.82) is 0 Å². The average molecular weight is 442 g/mol. The largest absolute Gasteiger partial charge is 0.462 e. The summed E-state index contributed by atoms with van der Waals surface area (Å²) in [6, 6.07) is 0.390. The number of esters is 1. The second-order valence-corrected chi connectivity index (χ2v) is 9.67. The van der Waals surface area contributed by atoms with E-state index >= 15 is 0 Å². The van der Waals surface area contributed by atoms with Crippen LogP contribution in [0.1, 0.15) is 58.7 Å². The van der Waals surface area contributed by atoms with Crippen LogP contribution in [0, 0.1) is 6.92 Å². The van der Waals surface area contributed by atoms with Gasteiger partial charge in [0.1, 0.15) is 5.00 Å². The van der Waals surface area contributed by atoms with E-state index in [0.717, 1.165) is 29.9 Å². The fourth-order valence-corrected chi connectivity index (χ4v) is 5.90. The number of hydrogen-bond acceptors (Lipinski definition) is 7. The number of thiophene rings is 1. The number of likely N-dealkylation sites (N-methyl/N-ethyl adjacent to an activating group) is 1. The van der Waals surface area contributed by atoms with Gasteiger partial charge in [0.15, 0.2) is 0 Å². The lowest BCUT2D eigenvalue weighted by Gasteiger charge is -2.23. The molecule has 29 heavy (non-hydrogen) atoms. The van der Waals surface area contributed by atoms with E-state index in [1.165, 1.54) is 13.5 Å². The van der Waals surface area contributed by atoms with E-state index in [4.69, 9.17) is 4.74 Å². The molecule has 1 aromatic rings. The summed E-state index contributed by atoms with van der Waals surface area (Å²) in [5, 5.41) is 6.43. The number of carbonyl (C=O) groups is 3. The zero-order valence-electron chi connectivity index (χ0n) is 17.8. The first kappa shape index (κ1) is 23.7. The van der Waals surface area contributed by atoms with Crippen LogP contribution < -0.4 is 10.6 Å². The number of ether oxygens (including phenoxy) is 1. The van der Waals surface area contributed by atoms with Gasteiger partial charge < -0.3 is 15.4 Å². The maximum Gasteiger partial charge on any atom is 0.341 e. The molecule has 0 unspecified atom stereocenters. The van der Waals surface area contributed by atoms with Crippen LogP contribution >= 0.6 is 23.1 Å². The molecule has 1 heterocycles. The highest BCUT2D eigenvalue weighted by atomic mass is 32.2. The summed E-state index contributed by atoms with van der Waals surface area (Å²) in [4.78, 5) is 39.7. The predicted octanol–water partition coefficient (Wildman–Crippen LogP) is 3.14. The summed E-state index contributed by atoms with van der Waals surface area (Å²) >= 11 is 3.09. The first-order valence-corrected chi connectivity index (χ1v) is 11.8. The maximum atomic E-state index is 12.7. The van der Waals surface area contributed by atoms with Gasteiger partial charge in [-0.25, -0.2) is 4.79 Å². The van der Waals surface area contributed by atoms with E-state index < -0.39 is 5.97 Å². The SMILES string of the molecule is CCOC(=O)c1c(NC(=O)CN(C)[C@@H]2CC[C@@H](SCC)C2)sc(C(=O)NC)c1C. The number of nitrogens with zero attached hydrogens (tertiary/aromatic N) is 1. The van der Waals surface area contributed by atoms with Crippen LogP contribution in [0.4, 0.5) is 5.00 Å². The van der Waals surface area contributed by atoms with Crippen molar-refractivity contribution in [2.75, 3.05) is 38.3 Å². The molecule has 0 aromatic carbocycles. The highest BCUT2D eigenvalue weighted by molar-refractivity contribution is 7.99. The number of thioether (sulfide) groups is 1. The molecule has 1 aromatic heterocycles. The molecule has 2 rings (SSSR count). The van der Waals surface area contributed by atoms with Crippen LogP contribution in [-0.4, -0.2) is 67.0 Å². The summed E-state index contributed by atoms with van der Waals surface area (Å²) in [7, 11) is 3.50. The molecular weight excluding hydrogens is 410 g/mol. The van der Waals surface area contributed by atoms with Gasteiger partial charge in [-0.2, -0.15) is 11.8 Å². The molecule has 7 nitrogen and oxygen atoms in total. The number of carbonyl (C=O) groups excluding carboxylic acids is 3. The van der Waals surface area contributed by atoms with Crippen molar-refractivity contribution in [3.63, 3.8) is 0 Å². The Morgan fingerprint density at radius 1 is 1.28 bits per heavy atom. The van der Waals surface area contributed by atoms with Crippen molar-refractivity contribution in [2.45, 2.75) is 51.3 Å². The van der Waals surface area contributed by atoms with E-state index in [2.05, 4.69) is 22.5 Å². The highest BCUT2D eigenvalue weighted by Crippen LogP contribution is 2.34. The molecule has 9 heteroatoms. The summed E-state index contributed by atoms with van der Waals surface area (Å²) < 4.78 is 5.13. The average Bonchev–Trinajstić information content (AvgIpc) is 3.26. The third kappa shape index (κ3) is 5.96. The zero-order chi connectivity index (χ0) is 21.6. The van der Waals surface area contributed by atoms with Crippen molar-refractivity contribution in [2.24, 2.45) is 0 Å². The van der Waals surface area contributed by atoms with Gasteiger partial charge in [-0.05, 0) is 51.5 Å². The summed E-state index contributed by atoms with van der Waals surface area (Å²) in [6.45, 7) is 6.05. The molecule has 1 saturated carbocycles. The Hall–Kier alpha value is -1.58. The van der Waals surface area contributed by atoms with Gasteiger partial charge in [-0.15, -0.1) is 11.3 Å². The van der Waals surface area contributed by atoms with Gasteiger partial charge in [-0.3, -0.25) is 14.5 Å². The third-order valence-corrected chi connectivity index (χ3v) is 7.53. The van der Waals surface area contributed by atoms with Gasteiger partial charge in [0, 0.05) is 18.3 Å². The maximum absolute atomic E-state index is 12.7. The fraction of sp³-hybridized carbons (Fsp3) is 0.650. The van der Waals surface area contributed by atoms with Gasteiger partial charge >= 0.3 is 5.97 Å². The second-order valence-electron chi connectivity index (χ2n) is 7.07. The number of amides is 2. The molecule has 1 aliphatic rings. The van der Waals surface area contributed by atoms with Crippen molar-refractivity contribution < 1.29 is 19.1 Å². The molecule has 162 valence electrons. The quantitative estimate of drug-likeness (QED) is 0.573. The topological polar surface area (TPSA) is 87.7 Å². The molecular formula is C20H31N3O4S2. The van der Waals surface area contributed by atoms with Crippen molar-refractivity contribution >= 4 is 45.9 Å². The fourth-order valence-electron chi connectivity index (χ4n) is 3.61. The predicted molar refractivity (Wildman–Crippen MR) is 119 cm³/mol. The molecule has 0 saturated heterocycles. The molecule has 2 atom stereocenters. The Labute approximate surface area is 180 Å². The summed E-state index contributed by atoms with van der Waals surface area (Å²) in [6.07, 6.45) is 3.37. The van der Waals surface area contributed by atoms with Crippen LogP contribution in [0.15, 0.2) is 0 Å². The Kier molecular flexibility index (Phi) is 8.98. The molecule has 0 aliphatic heterocycles. The van der Waals surface area contributed by atoms with Crippen LogP contribution in [0.5, 0.6) is 0 Å². The van der Waals surface area contributed by atoms with Crippen LogP contribution in [-0.2, 0) is 9.53 Å². The van der Waals surface area contributed by atoms with E-state index in [9.17, 15) is 14.4 Å². The third-order valence-electron chi connectivity index (χ3n) is 5.09. The van der Waals surface area contributed by atoms with E-state index in [1.54, 1.807) is 13.8 Å². The Balaban J connectivity index is 2.10. The smallest absolute Gasteiger partial charge is 0.341 e. The Bertz CT molecular complexity index is 750. The van der Waals surface area contributed by atoms with Crippen molar-refractivity contribution in [1.82, 2.24) is 10.2 Å². The minimum Gasteiger partial charge on any atom is -0.462 e. The van der Waals surface area contributed by atoms with Gasteiger partial charge in [0.05, 0.1) is 23.6 Å². The molecule has 0 spiro atoms. The zero-order valence-corrected chi connectivity index (χ0v) is 19.4. The minimum atomic E-state index is -0.532. The monoisotopic (exact) mass is 441 g/mol. The van der Waals surface area contributed by atoms with Crippen LogP contribution in [0.2, 0.25) is 0 Å². The van der Waals surface area contributed by atoms with Gasteiger partial charge in [-0.1, -0.05) is 6.92 Å². The van der Waals surface area contributed by atoms with E-state index in [-0.39, 0.29) is 30.5 Å². The lowest BCUT2D eigenvalue weighted by Crippen LogP contribution is -2.37. The van der Waals surface area contributed by atoms with Crippen molar-refractivity contribution in [3.8, 4) is 0 Å². The molecule has 1 aliphatic carbocycles. The summed E-state index contributed by atoms with van der Waals surface area (Å²) in [5.41, 5.74) is 0.776. The molecule has 1 fully saturated rings. The lowest BCUT2D eigenvalue weighted by molar-refractivity contribution is -0.117. The Morgan fingerprint density at radius 3 is 2.62 bits per heavy atom. The summed E-state index contributed by atoms with van der Waals surface area (Å²) in [5.74, 6) is 0.0922. The molecule has 2 N–H and O–H groups in total. The van der Waals surface area contributed by atoms with Crippen molar-refractivity contribution in [3.05, 3.63) is 16.0 Å². The highest BCUT2D eigenvalue weighted by Gasteiger charge is 2.30. The number of hydrogen-bond donors (Lipinski definition) is 2. The molecule has 0 radical (unpaired) electrons. The second kappa shape index (κ2) is 11.0. The number of anilines is 1.